The Morgan fingerprint density at radius 1 is 1.03 bits per heavy atom. The Bertz CT molecular complexity index is 1190. The molecule has 182 valence electrons. The van der Waals surface area contributed by atoms with Gasteiger partial charge in [0.1, 0.15) is 0 Å². The second kappa shape index (κ2) is 10.5. The maximum absolute atomic E-state index is 13.6. The van der Waals surface area contributed by atoms with Gasteiger partial charge in [-0.1, -0.05) is 19.9 Å². The highest BCUT2D eigenvalue weighted by atomic mass is 16.5. The molecule has 9 heteroatoms. The molecular formula is C25H32N4O5. The van der Waals surface area contributed by atoms with E-state index < -0.39 is 12.0 Å². The number of nitrogens with one attached hydrogen (secondary N) is 1. The Hall–Kier alpha value is -3.62. The molecule has 0 aliphatic rings. The van der Waals surface area contributed by atoms with Gasteiger partial charge in [0.15, 0.2) is 17.1 Å². The summed E-state index contributed by atoms with van der Waals surface area (Å²) in [4.78, 5) is 30.5. The minimum atomic E-state index is -0.648. The van der Waals surface area contributed by atoms with Crippen molar-refractivity contribution in [2.45, 2.75) is 52.1 Å². The van der Waals surface area contributed by atoms with Crippen LogP contribution >= 0.6 is 0 Å². The third-order valence-corrected chi connectivity index (χ3v) is 5.63. The van der Waals surface area contributed by atoms with Crippen LogP contribution in [0.4, 0.5) is 0 Å². The highest BCUT2D eigenvalue weighted by Gasteiger charge is 2.24. The van der Waals surface area contributed by atoms with Gasteiger partial charge in [-0.3, -0.25) is 9.59 Å². The van der Waals surface area contributed by atoms with E-state index in [0.717, 1.165) is 5.69 Å². The number of hydrogen-bond donors (Lipinski definition) is 1. The number of carbonyl (C=O) groups excluding carboxylic acids is 2. The summed E-state index contributed by atoms with van der Waals surface area (Å²) in [7, 11) is 4.39. The fourth-order valence-corrected chi connectivity index (χ4v) is 3.71. The van der Waals surface area contributed by atoms with E-state index in [1.54, 1.807) is 42.3 Å². The zero-order valence-electron chi connectivity index (χ0n) is 20.7. The summed E-state index contributed by atoms with van der Waals surface area (Å²) >= 11 is 0. The van der Waals surface area contributed by atoms with Crippen molar-refractivity contribution in [1.82, 2.24) is 20.1 Å². The summed E-state index contributed by atoms with van der Waals surface area (Å²) in [6.45, 7) is 8.07. The summed E-state index contributed by atoms with van der Waals surface area (Å²) in [5, 5.41) is 8.10. The number of hydrogen-bond acceptors (Lipinski definition) is 7. The molecule has 1 atom stereocenters. The molecule has 2 aromatic heterocycles. The summed E-state index contributed by atoms with van der Waals surface area (Å²) < 4.78 is 17.4. The summed E-state index contributed by atoms with van der Waals surface area (Å²) in [5.74, 6) is 0.378. The Kier molecular flexibility index (Phi) is 7.75. The van der Waals surface area contributed by atoms with Crippen LogP contribution in [0.5, 0.6) is 11.5 Å². The van der Waals surface area contributed by atoms with Crippen LogP contribution in [0.25, 0.3) is 11.0 Å². The first-order valence-electron chi connectivity index (χ1n) is 11.2. The lowest BCUT2D eigenvalue weighted by Crippen LogP contribution is -2.31. The number of pyridine rings is 1. The molecule has 0 radical (unpaired) electrons. The number of aromatic nitrogens is 3. The smallest absolute Gasteiger partial charge is 0.307 e. The van der Waals surface area contributed by atoms with Gasteiger partial charge in [-0.2, -0.15) is 5.10 Å². The Morgan fingerprint density at radius 3 is 2.32 bits per heavy atom. The van der Waals surface area contributed by atoms with Crippen LogP contribution in [0.2, 0.25) is 0 Å². The zero-order valence-corrected chi connectivity index (χ0v) is 20.7. The quantitative estimate of drug-likeness (QED) is 0.470. The fraction of sp³-hybridized carbons (Fsp3) is 0.440. The molecule has 3 rings (SSSR count). The molecule has 0 bridgehead atoms. The van der Waals surface area contributed by atoms with Crippen molar-refractivity contribution in [2.24, 2.45) is 0 Å². The van der Waals surface area contributed by atoms with Gasteiger partial charge >= 0.3 is 5.97 Å². The number of amides is 1. The molecule has 0 aliphatic heterocycles. The van der Waals surface area contributed by atoms with Gasteiger partial charge in [-0.25, -0.2) is 9.67 Å². The fourth-order valence-electron chi connectivity index (χ4n) is 3.71. The van der Waals surface area contributed by atoms with Crippen molar-refractivity contribution in [3.05, 3.63) is 47.3 Å². The third kappa shape index (κ3) is 5.13. The second-order valence-corrected chi connectivity index (χ2v) is 8.59. The minimum Gasteiger partial charge on any atom is -0.493 e. The van der Waals surface area contributed by atoms with Crippen LogP contribution in [-0.4, -0.2) is 48.0 Å². The molecule has 0 fully saturated rings. The van der Waals surface area contributed by atoms with Gasteiger partial charge in [0.05, 0.1) is 50.9 Å². The van der Waals surface area contributed by atoms with Gasteiger partial charge in [0.2, 0.25) is 0 Å². The van der Waals surface area contributed by atoms with E-state index in [-0.39, 0.29) is 24.3 Å². The molecule has 1 unspecified atom stereocenters. The van der Waals surface area contributed by atoms with E-state index in [2.05, 4.69) is 10.4 Å². The van der Waals surface area contributed by atoms with Crippen LogP contribution in [0, 0.1) is 0 Å². The molecule has 2 heterocycles. The van der Waals surface area contributed by atoms with E-state index in [4.69, 9.17) is 19.2 Å². The lowest BCUT2D eigenvalue weighted by molar-refractivity contribution is -0.141. The molecule has 0 aliphatic carbocycles. The number of esters is 1. The number of rotatable bonds is 9. The van der Waals surface area contributed by atoms with Crippen LogP contribution in [0.1, 0.15) is 73.7 Å². The van der Waals surface area contributed by atoms with E-state index in [1.807, 2.05) is 27.7 Å². The van der Waals surface area contributed by atoms with Crippen LogP contribution in [-0.2, 0) is 9.53 Å². The third-order valence-electron chi connectivity index (χ3n) is 5.63. The predicted octanol–water partition coefficient (Wildman–Crippen LogP) is 4.19. The lowest BCUT2D eigenvalue weighted by atomic mass is 10.0. The molecule has 1 amide bonds. The monoisotopic (exact) mass is 468 g/mol. The number of nitrogens with zero attached hydrogens (tertiary/aromatic N) is 3. The number of methoxy groups -OCH3 is 3. The molecule has 1 aromatic carbocycles. The van der Waals surface area contributed by atoms with Crippen molar-refractivity contribution >= 4 is 22.9 Å². The van der Waals surface area contributed by atoms with Crippen LogP contribution in [0.15, 0.2) is 30.5 Å². The highest BCUT2D eigenvalue weighted by Crippen LogP contribution is 2.32. The summed E-state index contributed by atoms with van der Waals surface area (Å²) in [6, 6.07) is 6.49. The number of carbonyl (C=O) groups is 2. The zero-order chi connectivity index (χ0) is 25.0. The molecule has 1 N–H and O–H groups in total. The van der Waals surface area contributed by atoms with Gasteiger partial charge in [-0.15, -0.1) is 0 Å². The van der Waals surface area contributed by atoms with Crippen molar-refractivity contribution in [3.63, 3.8) is 0 Å². The number of benzene rings is 1. The maximum atomic E-state index is 13.6. The Labute approximate surface area is 199 Å². The van der Waals surface area contributed by atoms with Crippen molar-refractivity contribution in [1.29, 1.82) is 0 Å². The Balaban J connectivity index is 2.05. The summed E-state index contributed by atoms with van der Waals surface area (Å²) in [6.07, 6.45) is 1.61. The average Bonchev–Trinajstić information content (AvgIpc) is 3.26. The molecule has 0 saturated heterocycles. The molecule has 0 spiro atoms. The maximum Gasteiger partial charge on any atom is 0.307 e. The molecule has 34 heavy (non-hydrogen) atoms. The van der Waals surface area contributed by atoms with E-state index in [9.17, 15) is 9.59 Å². The molecule has 0 saturated carbocycles. The van der Waals surface area contributed by atoms with E-state index in [0.29, 0.717) is 33.7 Å². The topological polar surface area (TPSA) is 105 Å². The van der Waals surface area contributed by atoms with Gasteiger partial charge in [-0.05, 0) is 43.5 Å². The first-order valence-corrected chi connectivity index (χ1v) is 11.2. The predicted molar refractivity (Wildman–Crippen MR) is 128 cm³/mol. The van der Waals surface area contributed by atoms with Crippen molar-refractivity contribution < 1.29 is 23.8 Å². The summed E-state index contributed by atoms with van der Waals surface area (Å²) in [5.41, 5.74) is 2.58. The normalized spacial score (nSPS) is 12.1. The molecule has 9 nitrogen and oxygen atoms in total. The first-order chi connectivity index (χ1) is 16.2. The number of ether oxygens (including phenoxy) is 3. The Morgan fingerprint density at radius 2 is 1.74 bits per heavy atom. The SMILES string of the molecule is COC(=O)CC(NC(=O)c1cc(C(C)C)nc2c1cnn2C(C)C)c1ccc(OC)c(OC)c1. The van der Waals surface area contributed by atoms with E-state index >= 15 is 0 Å². The lowest BCUT2D eigenvalue weighted by Gasteiger charge is -2.20. The number of fused-ring (bicyclic) bond motifs is 1. The average molecular weight is 469 g/mol. The largest absolute Gasteiger partial charge is 0.493 e. The van der Waals surface area contributed by atoms with E-state index in [1.165, 1.54) is 14.2 Å². The standard InChI is InChI=1S/C25H32N4O5/c1-14(2)19-11-17(18-13-26-29(15(3)4)24(18)27-19)25(31)28-20(12-23(30)34-7)16-8-9-21(32-5)22(10-16)33-6/h8-11,13-15,20H,12H2,1-7H3,(H,28,31). The van der Waals surface area contributed by atoms with Gasteiger partial charge < -0.3 is 19.5 Å². The van der Waals surface area contributed by atoms with Gasteiger partial charge in [0, 0.05) is 11.7 Å². The van der Waals surface area contributed by atoms with Crippen molar-refractivity contribution in [2.75, 3.05) is 21.3 Å². The highest BCUT2D eigenvalue weighted by molar-refractivity contribution is 6.05. The van der Waals surface area contributed by atoms with Gasteiger partial charge in [0.25, 0.3) is 5.91 Å². The second-order valence-electron chi connectivity index (χ2n) is 8.59. The van der Waals surface area contributed by atoms with Crippen LogP contribution < -0.4 is 14.8 Å². The minimum absolute atomic E-state index is 0.0474. The molecular weight excluding hydrogens is 436 g/mol. The van der Waals surface area contributed by atoms with Crippen molar-refractivity contribution in [3.8, 4) is 11.5 Å². The van der Waals surface area contributed by atoms with Crippen LogP contribution in [0.3, 0.4) is 0 Å². The first kappa shape index (κ1) is 25.0. The molecule has 3 aromatic rings.